The molecule has 2 nitrogen and oxygen atoms in total. The van der Waals surface area contributed by atoms with Crippen LogP contribution in [0.15, 0.2) is 60.7 Å². The van der Waals surface area contributed by atoms with Crippen LogP contribution >= 0.6 is 12.6 Å². The van der Waals surface area contributed by atoms with Gasteiger partial charge in [-0.25, -0.2) is 4.79 Å². The Bertz CT molecular complexity index is 482. The second-order valence-electron chi connectivity index (χ2n) is 3.53. The van der Waals surface area contributed by atoms with Gasteiger partial charge in [-0.15, -0.1) is 12.6 Å². The fourth-order valence-electron chi connectivity index (χ4n) is 1.43. The minimum atomic E-state index is -0.538. The highest BCUT2D eigenvalue weighted by Gasteiger charge is 2.13. The highest BCUT2D eigenvalue weighted by molar-refractivity contribution is 7.80. The maximum Gasteiger partial charge on any atom is 0.339 e. The highest BCUT2D eigenvalue weighted by Crippen LogP contribution is 2.22. The number of rotatable bonds is 3. The van der Waals surface area contributed by atoms with E-state index in [0.717, 1.165) is 5.56 Å². The molecule has 0 aliphatic heterocycles. The van der Waals surface area contributed by atoms with E-state index in [1.807, 2.05) is 36.4 Å². The monoisotopic (exact) mass is 244 g/mol. The molecule has 0 N–H and O–H groups in total. The van der Waals surface area contributed by atoms with Crippen LogP contribution < -0.4 is 0 Å². The Morgan fingerprint density at radius 2 is 1.47 bits per heavy atom. The first kappa shape index (κ1) is 11.7. The normalized spacial score (nSPS) is 11.8. The molecule has 17 heavy (non-hydrogen) atoms. The first-order valence-corrected chi connectivity index (χ1v) is 5.78. The summed E-state index contributed by atoms with van der Waals surface area (Å²) in [5.74, 6) is -0.366. The predicted octanol–water partition coefficient (Wildman–Crippen LogP) is 3.47. The maximum absolute atomic E-state index is 11.8. The fraction of sp³-hybridized carbons (Fsp3) is 0.0714. The van der Waals surface area contributed by atoms with Gasteiger partial charge in [0.15, 0.2) is 5.44 Å². The van der Waals surface area contributed by atoms with Gasteiger partial charge >= 0.3 is 5.97 Å². The van der Waals surface area contributed by atoms with Crippen LogP contribution in [-0.2, 0) is 4.74 Å². The van der Waals surface area contributed by atoms with E-state index < -0.39 is 5.44 Å². The molecular formula is C14H12O2S. The predicted molar refractivity (Wildman–Crippen MR) is 70.0 cm³/mol. The third kappa shape index (κ3) is 3.11. The summed E-state index contributed by atoms with van der Waals surface area (Å²) in [6.45, 7) is 0. The average Bonchev–Trinajstić information content (AvgIpc) is 2.40. The van der Waals surface area contributed by atoms with Gasteiger partial charge in [0.25, 0.3) is 0 Å². The Kier molecular flexibility index (Phi) is 3.83. The molecule has 0 aliphatic carbocycles. The molecule has 2 rings (SSSR count). The van der Waals surface area contributed by atoms with Crippen LogP contribution in [0.2, 0.25) is 0 Å². The minimum absolute atomic E-state index is 0.366. The number of carbonyl (C=O) groups is 1. The second kappa shape index (κ2) is 5.55. The summed E-state index contributed by atoms with van der Waals surface area (Å²) in [7, 11) is 0. The van der Waals surface area contributed by atoms with Crippen LogP contribution in [0.3, 0.4) is 0 Å². The lowest BCUT2D eigenvalue weighted by Gasteiger charge is -2.12. The number of esters is 1. The number of ether oxygens (including phenoxy) is 1. The van der Waals surface area contributed by atoms with Crippen molar-refractivity contribution in [2.45, 2.75) is 5.44 Å². The summed E-state index contributed by atoms with van der Waals surface area (Å²) in [5.41, 5.74) is 0.853. The third-order valence-corrected chi connectivity index (χ3v) is 2.72. The summed E-state index contributed by atoms with van der Waals surface area (Å²) in [4.78, 5) is 11.8. The number of carbonyl (C=O) groups excluding carboxylic acids is 1. The molecule has 86 valence electrons. The van der Waals surface area contributed by atoms with Crippen molar-refractivity contribution in [2.24, 2.45) is 0 Å². The van der Waals surface area contributed by atoms with Crippen molar-refractivity contribution in [1.29, 1.82) is 0 Å². The molecule has 0 radical (unpaired) electrons. The molecule has 0 aliphatic rings. The van der Waals surface area contributed by atoms with E-state index in [1.54, 1.807) is 24.3 Å². The van der Waals surface area contributed by atoms with Gasteiger partial charge in [-0.1, -0.05) is 48.5 Å². The van der Waals surface area contributed by atoms with Crippen molar-refractivity contribution >= 4 is 18.6 Å². The average molecular weight is 244 g/mol. The molecule has 0 aromatic heterocycles. The molecule has 3 heteroatoms. The smallest absolute Gasteiger partial charge is 0.339 e. The first-order valence-electron chi connectivity index (χ1n) is 5.26. The lowest BCUT2D eigenvalue weighted by atomic mass is 10.2. The molecule has 1 atom stereocenters. The van der Waals surface area contributed by atoms with Crippen molar-refractivity contribution in [1.82, 2.24) is 0 Å². The molecule has 0 amide bonds. The van der Waals surface area contributed by atoms with Crippen LogP contribution in [0.1, 0.15) is 21.4 Å². The van der Waals surface area contributed by atoms with E-state index in [9.17, 15) is 4.79 Å². The van der Waals surface area contributed by atoms with E-state index in [0.29, 0.717) is 5.56 Å². The zero-order chi connectivity index (χ0) is 12.1. The zero-order valence-corrected chi connectivity index (χ0v) is 10.0. The Morgan fingerprint density at radius 3 is 2.06 bits per heavy atom. The number of hydrogen-bond acceptors (Lipinski definition) is 3. The molecule has 2 aromatic rings. The van der Waals surface area contributed by atoms with Gasteiger partial charge in [0, 0.05) is 5.56 Å². The SMILES string of the molecule is O=C(OC(S)c1ccccc1)c1ccccc1. The van der Waals surface area contributed by atoms with Crippen LogP contribution in [0.25, 0.3) is 0 Å². The number of thiol groups is 1. The zero-order valence-electron chi connectivity index (χ0n) is 9.11. The van der Waals surface area contributed by atoms with Crippen LogP contribution in [0.4, 0.5) is 0 Å². The standard InChI is InChI=1S/C14H12O2S/c15-13(11-7-3-1-4-8-11)16-14(17)12-9-5-2-6-10-12/h1-10,14,17H. The van der Waals surface area contributed by atoms with Crippen molar-refractivity contribution in [3.63, 3.8) is 0 Å². The van der Waals surface area contributed by atoms with Gasteiger partial charge < -0.3 is 4.74 Å². The number of hydrogen-bond donors (Lipinski definition) is 1. The van der Waals surface area contributed by atoms with E-state index in [4.69, 9.17) is 4.74 Å². The summed E-state index contributed by atoms with van der Waals surface area (Å²) in [6, 6.07) is 18.3. The topological polar surface area (TPSA) is 26.3 Å². The molecular weight excluding hydrogens is 232 g/mol. The van der Waals surface area contributed by atoms with Crippen molar-refractivity contribution in [2.75, 3.05) is 0 Å². The van der Waals surface area contributed by atoms with Gasteiger partial charge in [0.05, 0.1) is 5.56 Å². The molecule has 0 saturated heterocycles. The Balaban J connectivity index is 2.05. The van der Waals surface area contributed by atoms with E-state index >= 15 is 0 Å². The Labute approximate surface area is 106 Å². The molecule has 0 fully saturated rings. The fourth-order valence-corrected chi connectivity index (χ4v) is 1.70. The van der Waals surface area contributed by atoms with Crippen molar-refractivity contribution in [3.05, 3.63) is 71.8 Å². The Morgan fingerprint density at radius 1 is 0.941 bits per heavy atom. The Hall–Kier alpha value is -1.74. The van der Waals surface area contributed by atoms with Gasteiger partial charge in [-0.05, 0) is 12.1 Å². The van der Waals surface area contributed by atoms with Crippen LogP contribution in [-0.4, -0.2) is 5.97 Å². The summed E-state index contributed by atoms with van der Waals surface area (Å²) < 4.78 is 5.25. The van der Waals surface area contributed by atoms with Gasteiger partial charge in [-0.3, -0.25) is 0 Å². The lowest BCUT2D eigenvalue weighted by molar-refractivity contribution is 0.0460. The molecule has 1 unspecified atom stereocenters. The number of benzene rings is 2. The second-order valence-corrected chi connectivity index (χ2v) is 4.00. The van der Waals surface area contributed by atoms with E-state index in [1.165, 1.54) is 0 Å². The largest absolute Gasteiger partial charge is 0.443 e. The molecule has 2 aromatic carbocycles. The van der Waals surface area contributed by atoms with Gasteiger partial charge in [0.1, 0.15) is 0 Å². The first-order chi connectivity index (χ1) is 8.27. The third-order valence-electron chi connectivity index (χ3n) is 2.31. The van der Waals surface area contributed by atoms with E-state index in [-0.39, 0.29) is 5.97 Å². The van der Waals surface area contributed by atoms with E-state index in [2.05, 4.69) is 12.6 Å². The molecule has 0 heterocycles. The maximum atomic E-state index is 11.8. The van der Waals surface area contributed by atoms with Crippen molar-refractivity contribution < 1.29 is 9.53 Å². The summed E-state index contributed by atoms with van der Waals surface area (Å²) in [5, 5.41) is 0. The van der Waals surface area contributed by atoms with Crippen molar-refractivity contribution in [3.8, 4) is 0 Å². The quantitative estimate of drug-likeness (QED) is 0.508. The van der Waals surface area contributed by atoms with Crippen LogP contribution in [0.5, 0.6) is 0 Å². The summed E-state index contributed by atoms with van der Waals surface area (Å²) in [6.07, 6.45) is 0. The minimum Gasteiger partial charge on any atom is -0.443 e. The van der Waals surface area contributed by atoms with Gasteiger partial charge in [0.2, 0.25) is 0 Å². The van der Waals surface area contributed by atoms with Gasteiger partial charge in [-0.2, -0.15) is 0 Å². The summed E-state index contributed by atoms with van der Waals surface area (Å²) >= 11 is 4.27. The lowest BCUT2D eigenvalue weighted by Crippen LogP contribution is -2.07. The highest BCUT2D eigenvalue weighted by atomic mass is 32.1. The molecule has 0 spiro atoms. The molecule has 0 bridgehead atoms. The molecule has 0 saturated carbocycles. The van der Waals surface area contributed by atoms with Crippen LogP contribution in [0, 0.1) is 0 Å².